The van der Waals surface area contributed by atoms with Gasteiger partial charge >= 0.3 is 5.97 Å². The molecule has 29 heavy (non-hydrogen) atoms. The van der Waals surface area contributed by atoms with Gasteiger partial charge in [0.2, 0.25) is 11.8 Å². The van der Waals surface area contributed by atoms with Crippen molar-refractivity contribution in [3.8, 4) is 0 Å². The summed E-state index contributed by atoms with van der Waals surface area (Å²) in [6.45, 7) is 3.87. The smallest absolute Gasteiger partial charge is 0.304 e. The van der Waals surface area contributed by atoms with Gasteiger partial charge in [-0.2, -0.15) is 0 Å². The highest BCUT2D eigenvalue weighted by Crippen LogP contribution is 2.17. The van der Waals surface area contributed by atoms with Crippen molar-refractivity contribution in [2.24, 2.45) is 11.8 Å². The van der Waals surface area contributed by atoms with Crippen molar-refractivity contribution in [2.75, 3.05) is 5.32 Å². The van der Waals surface area contributed by atoms with Crippen molar-refractivity contribution in [2.45, 2.75) is 39.2 Å². The molecule has 2 rings (SSSR count). The number of rotatable bonds is 10. The van der Waals surface area contributed by atoms with E-state index in [4.69, 9.17) is 5.11 Å². The van der Waals surface area contributed by atoms with E-state index in [1.165, 1.54) is 0 Å². The van der Waals surface area contributed by atoms with Crippen LogP contribution in [0.5, 0.6) is 0 Å². The van der Waals surface area contributed by atoms with Gasteiger partial charge in [0.15, 0.2) is 0 Å². The van der Waals surface area contributed by atoms with E-state index in [1.807, 2.05) is 62.4 Å². The van der Waals surface area contributed by atoms with Gasteiger partial charge in [0, 0.05) is 18.0 Å². The van der Waals surface area contributed by atoms with Gasteiger partial charge < -0.3 is 15.7 Å². The number of hydrogen-bond acceptors (Lipinski definition) is 3. The number of carboxylic acids is 1. The van der Waals surface area contributed by atoms with Gasteiger partial charge in [0.1, 0.15) is 6.04 Å². The molecule has 0 unspecified atom stereocenters. The highest BCUT2D eigenvalue weighted by molar-refractivity contribution is 5.98. The summed E-state index contributed by atoms with van der Waals surface area (Å²) in [5.74, 6) is -2.30. The molecule has 6 nitrogen and oxygen atoms in total. The van der Waals surface area contributed by atoms with E-state index in [0.717, 1.165) is 5.56 Å². The van der Waals surface area contributed by atoms with Crippen LogP contribution in [0.1, 0.15) is 32.3 Å². The summed E-state index contributed by atoms with van der Waals surface area (Å²) < 4.78 is 0. The summed E-state index contributed by atoms with van der Waals surface area (Å²) in [5, 5.41) is 14.8. The Labute approximate surface area is 171 Å². The number of anilines is 1. The van der Waals surface area contributed by atoms with Crippen LogP contribution in [0, 0.1) is 11.8 Å². The zero-order valence-corrected chi connectivity index (χ0v) is 16.8. The summed E-state index contributed by atoms with van der Waals surface area (Å²) in [5.41, 5.74) is 1.54. The molecule has 2 aromatic carbocycles. The van der Waals surface area contributed by atoms with Crippen molar-refractivity contribution in [3.63, 3.8) is 0 Å². The lowest BCUT2D eigenvalue weighted by Gasteiger charge is -2.23. The molecule has 3 N–H and O–H groups in total. The second kappa shape index (κ2) is 11.0. The van der Waals surface area contributed by atoms with E-state index >= 15 is 0 Å². The normalized spacial score (nSPS) is 12.8. The Morgan fingerprint density at radius 1 is 0.897 bits per heavy atom. The van der Waals surface area contributed by atoms with Gasteiger partial charge in [-0.15, -0.1) is 0 Å². The number of benzene rings is 2. The number of hydrogen-bond donors (Lipinski definition) is 3. The lowest BCUT2D eigenvalue weighted by atomic mass is 9.92. The Balaban J connectivity index is 2.17. The largest absolute Gasteiger partial charge is 0.481 e. The molecule has 0 radical (unpaired) electrons. The molecule has 2 aromatic rings. The van der Waals surface area contributed by atoms with Gasteiger partial charge in [0.25, 0.3) is 0 Å². The van der Waals surface area contributed by atoms with E-state index in [1.54, 1.807) is 12.1 Å². The van der Waals surface area contributed by atoms with Gasteiger partial charge in [-0.05, 0) is 30.0 Å². The van der Waals surface area contributed by atoms with Crippen LogP contribution in [0.15, 0.2) is 60.7 Å². The van der Waals surface area contributed by atoms with E-state index in [0.29, 0.717) is 18.5 Å². The first kappa shape index (κ1) is 22.1. The molecule has 0 aliphatic heterocycles. The Bertz CT molecular complexity index is 806. The van der Waals surface area contributed by atoms with Crippen LogP contribution in [0.4, 0.5) is 5.69 Å². The third kappa shape index (κ3) is 7.78. The number of amides is 2. The molecule has 0 aromatic heterocycles. The maximum absolute atomic E-state index is 12.9. The van der Waals surface area contributed by atoms with E-state index in [2.05, 4.69) is 10.6 Å². The molecule has 0 saturated heterocycles. The zero-order valence-electron chi connectivity index (χ0n) is 16.8. The third-order valence-corrected chi connectivity index (χ3v) is 4.50. The van der Waals surface area contributed by atoms with Crippen molar-refractivity contribution in [1.82, 2.24) is 5.32 Å². The minimum Gasteiger partial charge on any atom is -0.481 e. The van der Waals surface area contributed by atoms with Gasteiger partial charge in [-0.1, -0.05) is 62.4 Å². The number of carbonyl (C=O) groups is 3. The molecule has 0 fully saturated rings. The number of carbonyl (C=O) groups excluding carboxylic acids is 2. The lowest BCUT2D eigenvalue weighted by Crippen LogP contribution is -2.47. The molecule has 0 aliphatic carbocycles. The standard InChI is InChI=1S/C23H28N2O4/c1-16(2)13-18(15-21(26)27)22(28)25-20(14-17-9-5-3-6-10-17)23(29)24-19-11-7-4-8-12-19/h3-12,16,18,20H,13-15H2,1-2H3,(H,24,29)(H,25,28)(H,26,27)/t18-,20+/m1/s1. The molecule has 0 spiro atoms. The van der Waals surface area contributed by atoms with Crippen LogP contribution in [0.2, 0.25) is 0 Å². The van der Waals surface area contributed by atoms with Crippen LogP contribution >= 0.6 is 0 Å². The first-order valence-corrected chi connectivity index (χ1v) is 9.77. The molecule has 6 heteroatoms. The Kier molecular flexibility index (Phi) is 8.40. The Morgan fingerprint density at radius 3 is 2.03 bits per heavy atom. The fraction of sp³-hybridized carbons (Fsp3) is 0.348. The quantitative estimate of drug-likeness (QED) is 0.573. The summed E-state index contributed by atoms with van der Waals surface area (Å²) in [7, 11) is 0. The SMILES string of the molecule is CC(C)C[C@H](CC(=O)O)C(=O)N[C@@H](Cc1ccccc1)C(=O)Nc1ccccc1. The second-order valence-corrected chi connectivity index (χ2v) is 7.53. The molecule has 0 aliphatic rings. The van der Waals surface area contributed by atoms with Crippen molar-refractivity contribution in [3.05, 3.63) is 66.2 Å². The van der Waals surface area contributed by atoms with Crippen LogP contribution in [0.3, 0.4) is 0 Å². The van der Waals surface area contributed by atoms with Crippen LogP contribution in [0.25, 0.3) is 0 Å². The number of nitrogens with one attached hydrogen (secondary N) is 2. The lowest BCUT2D eigenvalue weighted by molar-refractivity contribution is -0.141. The van der Waals surface area contributed by atoms with Crippen LogP contribution in [-0.4, -0.2) is 28.9 Å². The molecule has 0 saturated carbocycles. The van der Waals surface area contributed by atoms with Crippen LogP contribution in [-0.2, 0) is 20.8 Å². The monoisotopic (exact) mass is 396 g/mol. The van der Waals surface area contributed by atoms with E-state index < -0.39 is 23.8 Å². The number of para-hydroxylation sites is 1. The number of aliphatic carboxylic acids is 1. The Hall–Kier alpha value is -3.15. The van der Waals surface area contributed by atoms with Crippen molar-refractivity contribution >= 4 is 23.5 Å². The summed E-state index contributed by atoms with van der Waals surface area (Å²) in [6.07, 6.45) is 0.492. The van der Waals surface area contributed by atoms with Gasteiger partial charge in [-0.3, -0.25) is 14.4 Å². The fourth-order valence-corrected chi connectivity index (χ4v) is 3.16. The van der Waals surface area contributed by atoms with E-state index in [9.17, 15) is 14.4 Å². The van der Waals surface area contributed by atoms with Crippen molar-refractivity contribution in [1.29, 1.82) is 0 Å². The summed E-state index contributed by atoms with van der Waals surface area (Å²) >= 11 is 0. The molecular formula is C23H28N2O4. The minimum absolute atomic E-state index is 0.163. The minimum atomic E-state index is -1.03. The first-order valence-electron chi connectivity index (χ1n) is 9.77. The highest BCUT2D eigenvalue weighted by atomic mass is 16.4. The summed E-state index contributed by atoms with van der Waals surface area (Å²) in [4.78, 5) is 36.9. The van der Waals surface area contributed by atoms with Gasteiger partial charge in [-0.25, -0.2) is 0 Å². The highest BCUT2D eigenvalue weighted by Gasteiger charge is 2.28. The zero-order chi connectivity index (χ0) is 21.2. The molecule has 0 bridgehead atoms. The van der Waals surface area contributed by atoms with E-state index in [-0.39, 0.29) is 18.2 Å². The maximum Gasteiger partial charge on any atom is 0.304 e. The maximum atomic E-state index is 12.9. The molecule has 2 atom stereocenters. The summed E-state index contributed by atoms with van der Waals surface area (Å²) in [6, 6.07) is 17.6. The fourth-order valence-electron chi connectivity index (χ4n) is 3.16. The molecule has 2 amide bonds. The third-order valence-electron chi connectivity index (χ3n) is 4.50. The predicted octanol–water partition coefficient (Wildman–Crippen LogP) is 3.49. The first-order chi connectivity index (χ1) is 13.8. The van der Waals surface area contributed by atoms with Gasteiger partial charge in [0.05, 0.1) is 6.42 Å². The second-order valence-electron chi connectivity index (χ2n) is 7.53. The molecule has 0 heterocycles. The average Bonchev–Trinajstić information content (AvgIpc) is 2.67. The number of carboxylic acid groups (broad SMARTS) is 1. The molecule has 154 valence electrons. The molecular weight excluding hydrogens is 368 g/mol. The predicted molar refractivity (Wildman–Crippen MR) is 112 cm³/mol. The van der Waals surface area contributed by atoms with Crippen LogP contribution < -0.4 is 10.6 Å². The van der Waals surface area contributed by atoms with Crippen molar-refractivity contribution < 1.29 is 19.5 Å². The average molecular weight is 396 g/mol. The Morgan fingerprint density at radius 2 is 1.48 bits per heavy atom. The topological polar surface area (TPSA) is 95.5 Å².